The summed E-state index contributed by atoms with van der Waals surface area (Å²) in [4.78, 5) is 12.3. The van der Waals surface area contributed by atoms with E-state index in [0.717, 1.165) is 16.6 Å². The van der Waals surface area contributed by atoms with Gasteiger partial charge in [0.1, 0.15) is 6.61 Å². The maximum atomic E-state index is 12.3. The molecule has 4 rings (SSSR count). The topological polar surface area (TPSA) is 64.8 Å². The molecule has 0 fully saturated rings. The van der Waals surface area contributed by atoms with Gasteiger partial charge in [0.15, 0.2) is 11.5 Å². The van der Waals surface area contributed by atoms with E-state index in [4.69, 9.17) is 9.47 Å². The van der Waals surface area contributed by atoms with Gasteiger partial charge in [-0.1, -0.05) is 42.5 Å². The highest BCUT2D eigenvalue weighted by molar-refractivity contribution is 5.87. The first kappa shape index (κ1) is 23.1. The standard InChI is InChI=1S/C28H29N3O3/c1-20-8-7-11-24-28(20)21(2)18-31(24)15-14-27(32)30-29-17-23-12-13-25(26(16-23)33-3)34-19-22-9-5-4-6-10-22/h4-13,16-18H,14-15,19H2,1-3H3,(H,30,32)/b29-17-. The first-order chi connectivity index (χ1) is 16.5. The fraction of sp³-hybridized carbons (Fsp3) is 0.214. The van der Waals surface area contributed by atoms with Crippen molar-refractivity contribution in [1.82, 2.24) is 9.99 Å². The summed E-state index contributed by atoms with van der Waals surface area (Å²) in [5.74, 6) is 1.12. The van der Waals surface area contributed by atoms with Crippen molar-refractivity contribution in [2.45, 2.75) is 33.4 Å². The van der Waals surface area contributed by atoms with Crippen LogP contribution in [0.1, 0.15) is 28.7 Å². The molecule has 0 saturated carbocycles. The molecule has 0 bridgehead atoms. The van der Waals surface area contributed by atoms with Crippen LogP contribution in [0.15, 0.2) is 78.0 Å². The second-order valence-corrected chi connectivity index (χ2v) is 8.20. The van der Waals surface area contributed by atoms with Gasteiger partial charge in [-0.05, 0) is 60.4 Å². The number of fused-ring (bicyclic) bond motifs is 1. The van der Waals surface area contributed by atoms with Crippen LogP contribution in [-0.2, 0) is 17.9 Å². The Morgan fingerprint density at radius 2 is 1.82 bits per heavy atom. The minimum absolute atomic E-state index is 0.141. The molecule has 0 aliphatic rings. The highest BCUT2D eigenvalue weighted by atomic mass is 16.5. The summed E-state index contributed by atoms with van der Waals surface area (Å²) in [6.07, 6.45) is 4.03. The highest BCUT2D eigenvalue weighted by Gasteiger charge is 2.09. The molecule has 0 saturated heterocycles. The number of hydrazone groups is 1. The molecule has 174 valence electrons. The SMILES string of the molecule is COc1cc(/C=N\NC(=O)CCn2cc(C)c3c(C)cccc32)ccc1OCc1ccccc1. The molecule has 0 spiro atoms. The zero-order chi connectivity index (χ0) is 23.9. The number of carbonyl (C=O) groups is 1. The van der Waals surface area contributed by atoms with Crippen molar-refractivity contribution in [3.8, 4) is 11.5 Å². The molecule has 1 heterocycles. The van der Waals surface area contributed by atoms with Gasteiger partial charge in [-0.25, -0.2) is 5.43 Å². The van der Waals surface area contributed by atoms with Crippen LogP contribution in [0.2, 0.25) is 0 Å². The Morgan fingerprint density at radius 1 is 1.00 bits per heavy atom. The number of aromatic nitrogens is 1. The molecule has 0 aliphatic carbocycles. The number of benzene rings is 3. The van der Waals surface area contributed by atoms with Crippen LogP contribution in [0.25, 0.3) is 10.9 Å². The maximum absolute atomic E-state index is 12.3. The number of nitrogens with zero attached hydrogens (tertiary/aromatic N) is 2. The third-order valence-electron chi connectivity index (χ3n) is 5.71. The lowest BCUT2D eigenvalue weighted by Crippen LogP contribution is -2.19. The van der Waals surface area contributed by atoms with Crippen LogP contribution >= 0.6 is 0 Å². The van der Waals surface area contributed by atoms with Crippen molar-refractivity contribution in [2.24, 2.45) is 5.10 Å². The number of rotatable bonds is 9. The van der Waals surface area contributed by atoms with Crippen LogP contribution in [-0.4, -0.2) is 23.8 Å². The third-order valence-corrected chi connectivity index (χ3v) is 5.71. The zero-order valence-electron chi connectivity index (χ0n) is 19.7. The number of methoxy groups -OCH3 is 1. The van der Waals surface area contributed by atoms with Crippen LogP contribution in [0, 0.1) is 13.8 Å². The molecule has 1 amide bonds. The molecular formula is C28H29N3O3. The maximum Gasteiger partial charge on any atom is 0.241 e. The summed E-state index contributed by atoms with van der Waals surface area (Å²) in [6.45, 7) is 5.26. The number of carbonyl (C=O) groups excluding carboxylic acids is 1. The van der Waals surface area contributed by atoms with Crippen molar-refractivity contribution < 1.29 is 14.3 Å². The van der Waals surface area contributed by atoms with Gasteiger partial charge in [-0.15, -0.1) is 0 Å². The molecule has 1 aromatic heterocycles. The molecule has 34 heavy (non-hydrogen) atoms. The first-order valence-electron chi connectivity index (χ1n) is 11.3. The normalized spacial score (nSPS) is 11.1. The fourth-order valence-electron chi connectivity index (χ4n) is 4.03. The number of aryl methyl sites for hydroxylation is 3. The van der Waals surface area contributed by atoms with E-state index >= 15 is 0 Å². The van der Waals surface area contributed by atoms with Crippen molar-refractivity contribution in [3.05, 3.63) is 95.2 Å². The van der Waals surface area contributed by atoms with Gasteiger partial charge in [-0.2, -0.15) is 5.10 Å². The van der Waals surface area contributed by atoms with E-state index in [2.05, 4.69) is 47.3 Å². The molecule has 0 unspecified atom stereocenters. The predicted molar refractivity (Wildman–Crippen MR) is 136 cm³/mol. The molecule has 6 heteroatoms. The van der Waals surface area contributed by atoms with Crippen LogP contribution in [0.4, 0.5) is 0 Å². The molecule has 0 atom stereocenters. The Labute approximate surface area is 199 Å². The Morgan fingerprint density at radius 3 is 2.62 bits per heavy atom. The quantitative estimate of drug-likeness (QED) is 0.272. The van der Waals surface area contributed by atoms with Gasteiger partial charge in [0.2, 0.25) is 5.91 Å². The lowest BCUT2D eigenvalue weighted by Gasteiger charge is -2.11. The average Bonchev–Trinajstić information content (AvgIpc) is 3.19. The van der Waals surface area contributed by atoms with E-state index in [0.29, 0.717) is 31.1 Å². The van der Waals surface area contributed by atoms with Gasteiger partial charge in [-0.3, -0.25) is 4.79 Å². The van der Waals surface area contributed by atoms with Crippen LogP contribution < -0.4 is 14.9 Å². The lowest BCUT2D eigenvalue weighted by molar-refractivity contribution is -0.121. The second kappa shape index (κ2) is 10.7. The predicted octanol–water partition coefficient (Wildman–Crippen LogP) is 5.39. The van der Waals surface area contributed by atoms with E-state index < -0.39 is 0 Å². The number of ether oxygens (including phenoxy) is 2. The average molecular weight is 456 g/mol. The Kier molecular flexibility index (Phi) is 7.28. The molecule has 0 radical (unpaired) electrons. The summed E-state index contributed by atoms with van der Waals surface area (Å²) in [7, 11) is 1.60. The zero-order valence-corrected chi connectivity index (χ0v) is 19.7. The van der Waals surface area contributed by atoms with Gasteiger partial charge >= 0.3 is 0 Å². The molecule has 6 nitrogen and oxygen atoms in total. The third kappa shape index (κ3) is 5.46. The lowest BCUT2D eigenvalue weighted by atomic mass is 10.1. The van der Waals surface area contributed by atoms with Gasteiger partial charge in [0.25, 0.3) is 0 Å². The van der Waals surface area contributed by atoms with E-state index in [9.17, 15) is 4.79 Å². The fourth-order valence-corrected chi connectivity index (χ4v) is 4.03. The Bertz CT molecular complexity index is 1310. The summed E-state index contributed by atoms with van der Waals surface area (Å²) in [6, 6.07) is 21.7. The minimum Gasteiger partial charge on any atom is -0.493 e. The van der Waals surface area contributed by atoms with Crippen molar-refractivity contribution in [2.75, 3.05) is 7.11 Å². The van der Waals surface area contributed by atoms with Gasteiger partial charge < -0.3 is 14.0 Å². The summed E-state index contributed by atoms with van der Waals surface area (Å²) in [5, 5.41) is 5.36. The van der Waals surface area contributed by atoms with Crippen molar-refractivity contribution in [3.63, 3.8) is 0 Å². The Balaban J connectivity index is 1.32. The largest absolute Gasteiger partial charge is 0.493 e. The summed E-state index contributed by atoms with van der Waals surface area (Å²) in [5.41, 5.74) is 8.10. The van der Waals surface area contributed by atoms with E-state index in [1.165, 1.54) is 16.5 Å². The van der Waals surface area contributed by atoms with Gasteiger partial charge in [0, 0.05) is 30.1 Å². The monoisotopic (exact) mass is 455 g/mol. The first-order valence-corrected chi connectivity index (χ1v) is 11.3. The highest BCUT2D eigenvalue weighted by Crippen LogP contribution is 2.28. The molecule has 1 N–H and O–H groups in total. The molecule has 3 aromatic carbocycles. The van der Waals surface area contributed by atoms with Crippen LogP contribution in [0.5, 0.6) is 11.5 Å². The van der Waals surface area contributed by atoms with E-state index in [1.54, 1.807) is 13.3 Å². The van der Waals surface area contributed by atoms with Crippen molar-refractivity contribution >= 4 is 23.0 Å². The molecule has 0 aliphatic heterocycles. The second-order valence-electron chi connectivity index (χ2n) is 8.20. The number of hydrogen-bond donors (Lipinski definition) is 1. The summed E-state index contributed by atoms with van der Waals surface area (Å²) >= 11 is 0. The van der Waals surface area contributed by atoms with Gasteiger partial charge in [0.05, 0.1) is 13.3 Å². The number of hydrogen-bond acceptors (Lipinski definition) is 4. The number of amides is 1. The summed E-state index contributed by atoms with van der Waals surface area (Å²) < 4.78 is 13.5. The van der Waals surface area contributed by atoms with Crippen molar-refractivity contribution in [1.29, 1.82) is 0 Å². The molecule has 4 aromatic rings. The van der Waals surface area contributed by atoms with E-state index in [-0.39, 0.29) is 5.91 Å². The minimum atomic E-state index is -0.141. The van der Waals surface area contributed by atoms with Crippen LogP contribution in [0.3, 0.4) is 0 Å². The molecular weight excluding hydrogens is 426 g/mol. The van der Waals surface area contributed by atoms with E-state index in [1.807, 2.05) is 54.6 Å². The Hall–Kier alpha value is -4.06. The smallest absolute Gasteiger partial charge is 0.241 e. The number of nitrogens with one attached hydrogen (secondary N) is 1.